The van der Waals surface area contributed by atoms with Crippen LogP contribution in [0.1, 0.15) is 40.1 Å². The maximum absolute atomic E-state index is 12.7. The minimum Gasteiger partial charge on any atom is -0.504 e. The molecule has 0 spiro atoms. The molecule has 3 rings (SSSR count). The molecule has 1 heterocycles. The summed E-state index contributed by atoms with van der Waals surface area (Å²) in [6.07, 6.45) is -2.61. The molecule has 148 valence electrons. The largest absolute Gasteiger partial charge is 0.504 e. The van der Waals surface area contributed by atoms with Crippen molar-refractivity contribution >= 4 is 5.97 Å². The summed E-state index contributed by atoms with van der Waals surface area (Å²) in [5.41, 5.74) is 1.82. The predicted octanol–water partition coefficient (Wildman–Crippen LogP) is 3.14. The maximum Gasteiger partial charge on any atom is 0.346 e. The van der Waals surface area contributed by atoms with E-state index in [1.54, 1.807) is 26.0 Å². The number of benzene rings is 2. The first-order valence-corrected chi connectivity index (χ1v) is 8.64. The van der Waals surface area contributed by atoms with Crippen LogP contribution in [0.4, 0.5) is 0 Å². The van der Waals surface area contributed by atoms with Crippen LogP contribution in [0.2, 0.25) is 0 Å². The highest BCUT2D eigenvalue weighted by atomic mass is 16.5. The van der Waals surface area contributed by atoms with E-state index in [-0.39, 0.29) is 40.7 Å². The third-order valence-electron chi connectivity index (χ3n) is 4.54. The highest BCUT2D eigenvalue weighted by Gasteiger charge is 2.31. The Balaban J connectivity index is 2.16. The first kappa shape index (κ1) is 19.7. The summed E-state index contributed by atoms with van der Waals surface area (Å²) < 4.78 is 16.5. The summed E-state index contributed by atoms with van der Waals surface area (Å²) in [5.74, 6) is -0.498. The number of hydrogen-bond donors (Lipinski definition) is 3. The Hall–Kier alpha value is -3.03. The van der Waals surface area contributed by atoms with Crippen LogP contribution in [0.25, 0.3) is 0 Å². The molecule has 28 heavy (non-hydrogen) atoms. The maximum atomic E-state index is 12.7. The fourth-order valence-electron chi connectivity index (χ4n) is 3.13. The van der Waals surface area contributed by atoms with Crippen LogP contribution in [0.3, 0.4) is 0 Å². The van der Waals surface area contributed by atoms with E-state index >= 15 is 0 Å². The summed E-state index contributed by atoms with van der Waals surface area (Å²) in [6, 6.07) is 6.23. The van der Waals surface area contributed by atoms with Crippen molar-refractivity contribution in [3.63, 3.8) is 0 Å². The van der Waals surface area contributed by atoms with Gasteiger partial charge in [0.25, 0.3) is 0 Å². The topological polar surface area (TPSA) is 105 Å². The Kier molecular flexibility index (Phi) is 5.31. The number of ether oxygens (including phenoxy) is 3. The molecule has 0 saturated carbocycles. The number of aliphatic hydroxyl groups excluding tert-OH is 2. The van der Waals surface area contributed by atoms with Gasteiger partial charge >= 0.3 is 5.97 Å². The van der Waals surface area contributed by atoms with Gasteiger partial charge in [0.1, 0.15) is 35.9 Å². The predicted molar refractivity (Wildman–Crippen MR) is 101 cm³/mol. The Labute approximate surface area is 162 Å². The van der Waals surface area contributed by atoms with Crippen molar-refractivity contribution in [3.8, 4) is 23.0 Å². The number of phenols is 1. The van der Waals surface area contributed by atoms with Gasteiger partial charge in [-0.05, 0) is 49.2 Å². The first-order chi connectivity index (χ1) is 13.2. The molecule has 0 unspecified atom stereocenters. The van der Waals surface area contributed by atoms with Gasteiger partial charge in [-0.3, -0.25) is 0 Å². The van der Waals surface area contributed by atoms with Crippen molar-refractivity contribution in [3.05, 3.63) is 58.7 Å². The Morgan fingerprint density at radius 3 is 2.64 bits per heavy atom. The third-order valence-corrected chi connectivity index (χ3v) is 4.54. The summed E-state index contributed by atoms with van der Waals surface area (Å²) in [5, 5.41) is 30.9. The lowest BCUT2D eigenvalue weighted by Gasteiger charge is -2.25. The molecule has 0 fully saturated rings. The molecule has 0 aromatic heterocycles. The second kappa shape index (κ2) is 7.53. The number of phenolic OH excluding ortho intramolecular Hbond substituents is 1. The lowest BCUT2D eigenvalue weighted by molar-refractivity contribution is 0.0385. The molecule has 0 amide bonds. The highest BCUT2D eigenvalue weighted by Crippen LogP contribution is 2.44. The fourth-order valence-corrected chi connectivity index (χ4v) is 3.13. The summed E-state index contributed by atoms with van der Waals surface area (Å²) in [4.78, 5) is 12.7. The molecule has 1 aliphatic rings. The average Bonchev–Trinajstić information content (AvgIpc) is 2.65. The van der Waals surface area contributed by atoms with Gasteiger partial charge in [-0.25, -0.2) is 4.79 Å². The van der Waals surface area contributed by atoms with E-state index in [2.05, 4.69) is 6.58 Å². The van der Waals surface area contributed by atoms with E-state index in [4.69, 9.17) is 14.2 Å². The second-order valence-corrected chi connectivity index (χ2v) is 6.75. The number of hydrogen-bond acceptors (Lipinski definition) is 7. The van der Waals surface area contributed by atoms with Crippen molar-refractivity contribution in [2.75, 3.05) is 7.11 Å². The number of aryl methyl sites for hydroxylation is 1. The van der Waals surface area contributed by atoms with Crippen molar-refractivity contribution in [1.29, 1.82) is 0 Å². The van der Waals surface area contributed by atoms with Gasteiger partial charge in [0.2, 0.25) is 0 Å². The number of esters is 1. The SMILES string of the molecule is C=C(C)[C@@H](O)[C@@H](O)c1ccc2c(c1OC)C(=O)OCc1cc(C)cc(O)c1O2. The number of carbonyl (C=O) groups excluding carboxylic acids is 1. The van der Waals surface area contributed by atoms with Crippen LogP contribution in [0.5, 0.6) is 23.0 Å². The van der Waals surface area contributed by atoms with E-state index in [0.717, 1.165) is 5.56 Å². The quantitative estimate of drug-likeness (QED) is 0.547. The summed E-state index contributed by atoms with van der Waals surface area (Å²) >= 11 is 0. The number of rotatable bonds is 4. The molecular weight excluding hydrogens is 364 g/mol. The van der Waals surface area contributed by atoms with Crippen molar-refractivity contribution in [2.24, 2.45) is 0 Å². The molecule has 0 aliphatic carbocycles. The molecule has 2 aromatic rings. The minimum absolute atomic E-state index is 0.0188. The van der Waals surface area contributed by atoms with E-state index < -0.39 is 18.2 Å². The lowest BCUT2D eigenvalue weighted by Crippen LogP contribution is -2.21. The summed E-state index contributed by atoms with van der Waals surface area (Å²) in [7, 11) is 1.33. The van der Waals surface area contributed by atoms with Crippen LogP contribution in [-0.4, -0.2) is 34.5 Å². The van der Waals surface area contributed by atoms with E-state index in [1.807, 2.05) is 0 Å². The van der Waals surface area contributed by atoms with Crippen LogP contribution in [0.15, 0.2) is 36.4 Å². The normalized spacial score (nSPS) is 15.1. The number of aliphatic hydroxyl groups is 2. The lowest BCUT2D eigenvalue weighted by atomic mass is 9.96. The zero-order chi connectivity index (χ0) is 20.6. The van der Waals surface area contributed by atoms with Crippen LogP contribution < -0.4 is 9.47 Å². The van der Waals surface area contributed by atoms with Gasteiger partial charge in [0.05, 0.1) is 7.11 Å². The van der Waals surface area contributed by atoms with E-state index in [1.165, 1.54) is 19.2 Å². The monoisotopic (exact) mass is 386 g/mol. The number of methoxy groups -OCH3 is 1. The van der Waals surface area contributed by atoms with Crippen LogP contribution >= 0.6 is 0 Å². The molecule has 2 atom stereocenters. The average molecular weight is 386 g/mol. The number of cyclic esters (lactones) is 1. The van der Waals surface area contributed by atoms with Gasteiger partial charge in [-0.15, -0.1) is 0 Å². The molecule has 0 bridgehead atoms. The van der Waals surface area contributed by atoms with Gasteiger partial charge in [0.15, 0.2) is 11.5 Å². The zero-order valence-electron chi connectivity index (χ0n) is 15.9. The van der Waals surface area contributed by atoms with Crippen molar-refractivity contribution in [1.82, 2.24) is 0 Å². The summed E-state index contributed by atoms with van der Waals surface area (Å²) in [6.45, 7) is 6.91. The molecule has 7 heteroatoms. The standard InChI is InChI=1S/C21H22O7/c1-10(2)17(23)18(24)13-5-6-15-16(20(13)26-4)21(25)27-9-12-7-11(3)8-14(22)19(12)28-15/h5-8,17-18,22-24H,1,9H2,2-4H3/t17-,18+/m1/s1. The Bertz CT molecular complexity index is 948. The van der Waals surface area contributed by atoms with Crippen molar-refractivity contribution < 1.29 is 34.3 Å². The van der Waals surface area contributed by atoms with Gasteiger partial charge < -0.3 is 29.5 Å². The van der Waals surface area contributed by atoms with E-state index in [0.29, 0.717) is 11.1 Å². The van der Waals surface area contributed by atoms with Crippen LogP contribution in [-0.2, 0) is 11.3 Å². The van der Waals surface area contributed by atoms with Gasteiger partial charge in [-0.1, -0.05) is 6.58 Å². The van der Waals surface area contributed by atoms with Crippen molar-refractivity contribution in [2.45, 2.75) is 32.7 Å². The fraction of sp³-hybridized carbons (Fsp3) is 0.286. The highest BCUT2D eigenvalue weighted by molar-refractivity contribution is 5.96. The molecular formula is C21H22O7. The minimum atomic E-state index is -1.36. The smallest absolute Gasteiger partial charge is 0.346 e. The molecule has 0 saturated heterocycles. The molecule has 1 aliphatic heterocycles. The van der Waals surface area contributed by atoms with Crippen LogP contribution in [0, 0.1) is 6.92 Å². The molecule has 0 radical (unpaired) electrons. The zero-order valence-corrected chi connectivity index (χ0v) is 15.9. The number of aromatic hydroxyl groups is 1. The first-order valence-electron chi connectivity index (χ1n) is 8.64. The Morgan fingerprint density at radius 2 is 2.00 bits per heavy atom. The van der Waals surface area contributed by atoms with Gasteiger partial charge in [0, 0.05) is 11.1 Å². The van der Waals surface area contributed by atoms with E-state index in [9.17, 15) is 20.1 Å². The molecule has 3 N–H and O–H groups in total. The molecule has 7 nitrogen and oxygen atoms in total. The number of fused-ring (bicyclic) bond motifs is 2. The second-order valence-electron chi connectivity index (χ2n) is 6.75. The molecule has 2 aromatic carbocycles. The Morgan fingerprint density at radius 1 is 1.29 bits per heavy atom. The third kappa shape index (κ3) is 3.42. The number of carbonyl (C=O) groups is 1. The van der Waals surface area contributed by atoms with Gasteiger partial charge in [-0.2, -0.15) is 0 Å².